The van der Waals surface area contributed by atoms with Crippen LogP contribution in [0.1, 0.15) is 63.2 Å². The first-order valence-corrected chi connectivity index (χ1v) is 8.44. The second-order valence-corrected chi connectivity index (χ2v) is 6.35. The third-order valence-electron chi connectivity index (χ3n) is 4.13. The SMILES string of the molecule is CC(=O)Nc1ccc(C(=O)OC(C)C(=O)c2[nH]c(C)c(C(C)=O)c2C)cc1. The number of H-pyrrole nitrogens is 1. The predicted molar refractivity (Wildman–Crippen MR) is 100 cm³/mol. The first kappa shape index (κ1) is 20.1. The van der Waals surface area contributed by atoms with Crippen molar-refractivity contribution in [3.8, 4) is 0 Å². The highest BCUT2D eigenvalue weighted by molar-refractivity contribution is 6.05. The van der Waals surface area contributed by atoms with Crippen molar-refractivity contribution in [2.75, 3.05) is 5.32 Å². The molecule has 1 atom stereocenters. The van der Waals surface area contributed by atoms with Gasteiger partial charge in [0.05, 0.1) is 11.3 Å². The molecule has 1 amide bonds. The Morgan fingerprint density at radius 3 is 2.11 bits per heavy atom. The molecule has 1 unspecified atom stereocenters. The van der Waals surface area contributed by atoms with Gasteiger partial charge >= 0.3 is 5.97 Å². The van der Waals surface area contributed by atoms with Gasteiger partial charge in [0.25, 0.3) is 0 Å². The molecule has 0 aliphatic carbocycles. The van der Waals surface area contributed by atoms with E-state index in [4.69, 9.17) is 4.74 Å². The summed E-state index contributed by atoms with van der Waals surface area (Å²) in [5, 5.41) is 2.60. The molecule has 142 valence electrons. The monoisotopic (exact) mass is 370 g/mol. The Labute approximate surface area is 157 Å². The zero-order valence-corrected chi connectivity index (χ0v) is 15.9. The van der Waals surface area contributed by atoms with Crippen LogP contribution in [-0.2, 0) is 9.53 Å². The lowest BCUT2D eigenvalue weighted by Crippen LogP contribution is -2.25. The van der Waals surface area contributed by atoms with Gasteiger partial charge in [0.1, 0.15) is 0 Å². The molecule has 0 radical (unpaired) electrons. The Morgan fingerprint density at radius 2 is 1.63 bits per heavy atom. The summed E-state index contributed by atoms with van der Waals surface area (Å²) in [4.78, 5) is 50.5. The summed E-state index contributed by atoms with van der Waals surface area (Å²) in [5.41, 5.74) is 2.71. The van der Waals surface area contributed by atoms with Crippen LogP contribution < -0.4 is 5.32 Å². The number of carbonyl (C=O) groups excluding carboxylic acids is 4. The van der Waals surface area contributed by atoms with Crippen LogP contribution in [0.3, 0.4) is 0 Å². The molecule has 0 aliphatic heterocycles. The van der Waals surface area contributed by atoms with Gasteiger partial charge in [0.15, 0.2) is 11.9 Å². The Balaban J connectivity index is 2.12. The van der Waals surface area contributed by atoms with Crippen molar-refractivity contribution in [1.82, 2.24) is 4.98 Å². The number of aryl methyl sites for hydroxylation is 1. The van der Waals surface area contributed by atoms with Crippen molar-refractivity contribution >= 4 is 29.1 Å². The highest BCUT2D eigenvalue weighted by atomic mass is 16.5. The topological polar surface area (TPSA) is 105 Å². The van der Waals surface area contributed by atoms with Crippen LogP contribution in [-0.4, -0.2) is 34.5 Å². The van der Waals surface area contributed by atoms with Crippen LogP contribution in [0.25, 0.3) is 0 Å². The van der Waals surface area contributed by atoms with Crippen molar-refractivity contribution in [2.24, 2.45) is 0 Å². The first-order chi connectivity index (χ1) is 12.6. The average molecular weight is 370 g/mol. The number of Topliss-reactive ketones (excluding diaryl/α,β-unsaturated/α-hetero) is 2. The van der Waals surface area contributed by atoms with Gasteiger partial charge in [-0.2, -0.15) is 0 Å². The number of aromatic amines is 1. The number of aromatic nitrogens is 1. The van der Waals surface area contributed by atoms with E-state index < -0.39 is 17.9 Å². The molecule has 7 nitrogen and oxygen atoms in total. The molecular weight excluding hydrogens is 348 g/mol. The van der Waals surface area contributed by atoms with Crippen molar-refractivity contribution in [3.05, 3.63) is 52.3 Å². The number of carbonyl (C=O) groups is 4. The highest BCUT2D eigenvalue weighted by Crippen LogP contribution is 2.21. The summed E-state index contributed by atoms with van der Waals surface area (Å²) < 4.78 is 5.26. The molecule has 0 saturated carbocycles. The van der Waals surface area contributed by atoms with E-state index in [1.54, 1.807) is 26.0 Å². The molecule has 1 aromatic carbocycles. The van der Waals surface area contributed by atoms with E-state index in [2.05, 4.69) is 10.3 Å². The van der Waals surface area contributed by atoms with E-state index in [1.807, 2.05) is 0 Å². The maximum atomic E-state index is 12.6. The molecule has 0 spiro atoms. The van der Waals surface area contributed by atoms with Gasteiger partial charge in [-0.1, -0.05) is 0 Å². The Morgan fingerprint density at radius 1 is 1.04 bits per heavy atom. The number of nitrogens with one attached hydrogen (secondary N) is 2. The molecule has 2 N–H and O–H groups in total. The van der Waals surface area contributed by atoms with Gasteiger partial charge in [-0.25, -0.2) is 4.79 Å². The van der Waals surface area contributed by atoms with Gasteiger partial charge in [-0.15, -0.1) is 0 Å². The van der Waals surface area contributed by atoms with Gasteiger partial charge in [-0.3, -0.25) is 14.4 Å². The smallest absolute Gasteiger partial charge is 0.338 e. The Kier molecular flexibility index (Phi) is 5.95. The first-order valence-electron chi connectivity index (χ1n) is 8.44. The fourth-order valence-electron chi connectivity index (χ4n) is 2.90. The second kappa shape index (κ2) is 7.99. The Bertz CT molecular complexity index is 909. The number of anilines is 1. The maximum Gasteiger partial charge on any atom is 0.338 e. The minimum Gasteiger partial charge on any atom is -0.451 e. The number of benzene rings is 1. The molecule has 0 aliphatic rings. The van der Waals surface area contributed by atoms with E-state index >= 15 is 0 Å². The number of hydrogen-bond donors (Lipinski definition) is 2. The predicted octanol–water partition coefficient (Wildman–Crippen LogP) is 3.22. The van der Waals surface area contributed by atoms with E-state index in [9.17, 15) is 19.2 Å². The number of amides is 1. The number of esters is 1. The highest BCUT2D eigenvalue weighted by Gasteiger charge is 2.26. The molecule has 1 heterocycles. The average Bonchev–Trinajstić information content (AvgIpc) is 2.88. The van der Waals surface area contributed by atoms with Crippen LogP contribution in [0.5, 0.6) is 0 Å². The molecule has 27 heavy (non-hydrogen) atoms. The summed E-state index contributed by atoms with van der Waals surface area (Å²) in [7, 11) is 0. The number of rotatable bonds is 6. The van der Waals surface area contributed by atoms with Crippen molar-refractivity contribution in [3.63, 3.8) is 0 Å². The molecule has 2 aromatic rings. The minimum absolute atomic E-state index is 0.135. The van der Waals surface area contributed by atoms with Crippen molar-refractivity contribution < 1.29 is 23.9 Å². The molecule has 2 rings (SSSR count). The fraction of sp³-hybridized carbons (Fsp3) is 0.300. The lowest BCUT2D eigenvalue weighted by Gasteiger charge is -2.12. The fourth-order valence-corrected chi connectivity index (χ4v) is 2.90. The van der Waals surface area contributed by atoms with E-state index in [0.29, 0.717) is 22.5 Å². The van der Waals surface area contributed by atoms with E-state index in [1.165, 1.54) is 32.9 Å². The number of hydrogen-bond acceptors (Lipinski definition) is 5. The molecule has 7 heteroatoms. The summed E-state index contributed by atoms with van der Waals surface area (Å²) in [6.07, 6.45) is -1.02. The number of ketones is 2. The molecule has 0 fully saturated rings. The molecule has 0 saturated heterocycles. The quantitative estimate of drug-likeness (QED) is 0.600. The van der Waals surface area contributed by atoms with Crippen LogP contribution in [0, 0.1) is 13.8 Å². The van der Waals surface area contributed by atoms with Crippen LogP contribution in [0.4, 0.5) is 5.69 Å². The van der Waals surface area contributed by atoms with Gasteiger partial charge in [0, 0.05) is 23.9 Å². The van der Waals surface area contributed by atoms with Gasteiger partial charge in [-0.05, 0) is 57.5 Å². The number of ether oxygens (including phenoxy) is 1. The lowest BCUT2D eigenvalue weighted by atomic mass is 10.0. The second-order valence-electron chi connectivity index (χ2n) is 6.35. The molecule has 1 aromatic heterocycles. The van der Waals surface area contributed by atoms with Gasteiger partial charge < -0.3 is 15.0 Å². The van der Waals surface area contributed by atoms with Crippen LogP contribution in [0.15, 0.2) is 24.3 Å². The van der Waals surface area contributed by atoms with Crippen LogP contribution >= 0.6 is 0 Å². The molecular formula is C20H22N2O5. The largest absolute Gasteiger partial charge is 0.451 e. The summed E-state index contributed by atoms with van der Waals surface area (Å²) in [6, 6.07) is 6.15. The van der Waals surface area contributed by atoms with E-state index in [0.717, 1.165) is 0 Å². The third-order valence-corrected chi connectivity index (χ3v) is 4.13. The summed E-state index contributed by atoms with van der Waals surface area (Å²) in [6.45, 7) is 7.70. The lowest BCUT2D eigenvalue weighted by molar-refractivity contribution is -0.114. The standard InChI is InChI=1S/C20H22N2O5/c1-10-17(12(3)23)11(2)21-18(10)19(25)13(4)27-20(26)15-6-8-16(9-7-15)22-14(5)24/h6-9,13,21H,1-5H3,(H,22,24). The minimum atomic E-state index is -1.02. The normalized spacial score (nSPS) is 11.6. The third kappa shape index (κ3) is 4.49. The van der Waals surface area contributed by atoms with Gasteiger partial charge in [0.2, 0.25) is 11.7 Å². The summed E-state index contributed by atoms with van der Waals surface area (Å²) in [5.74, 6) is -1.42. The van der Waals surface area contributed by atoms with E-state index in [-0.39, 0.29) is 22.9 Å². The molecule has 0 bridgehead atoms. The maximum absolute atomic E-state index is 12.6. The van der Waals surface area contributed by atoms with Crippen molar-refractivity contribution in [2.45, 2.75) is 40.7 Å². The van der Waals surface area contributed by atoms with Crippen LogP contribution in [0.2, 0.25) is 0 Å². The zero-order valence-electron chi connectivity index (χ0n) is 15.9. The van der Waals surface area contributed by atoms with Crippen molar-refractivity contribution in [1.29, 1.82) is 0 Å². The Hall–Kier alpha value is -3.22. The zero-order chi connectivity index (χ0) is 20.3. The summed E-state index contributed by atoms with van der Waals surface area (Å²) >= 11 is 0.